The zero-order valence-electron chi connectivity index (χ0n) is 10.9. The van der Waals surface area contributed by atoms with E-state index in [4.69, 9.17) is 5.73 Å². The molecule has 0 bridgehead atoms. The van der Waals surface area contributed by atoms with Crippen molar-refractivity contribution in [2.45, 2.75) is 33.2 Å². The Hall–Kier alpha value is -1.97. The number of para-hydroxylation sites is 1. The predicted molar refractivity (Wildman–Crippen MR) is 74.1 cm³/mol. The SMILES string of the molecule is CCCn1c(=O)c(N)c(CC)n1-c1ccccc1. The molecule has 18 heavy (non-hydrogen) atoms. The molecule has 2 N–H and O–H groups in total. The first kappa shape index (κ1) is 12.5. The summed E-state index contributed by atoms with van der Waals surface area (Å²) >= 11 is 0. The molecule has 2 aromatic rings. The van der Waals surface area contributed by atoms with E-state index < -0.39 is 0 Å². The Morgan fingerprint density at radius 3 is 2.39 bits per heavy atom. The molecular formula is C14H19N3O. The minimum absolute atomic E-state index is 0.0856. The van der Waals surface area contributed by atoms with Crippen molar-refractivity contribution >= 4 is 5.69 Å². The van der Waals surface area contributed by atoms with Gasteiger partial charge in [-0.15, -0.1) is 0 Å². The lowest BCUT2D eigenvalue weighted by Crippen LogP contribution is -2.23. The molecule has 1 heterocycles. The second-order valence-corrected chi connectivity index (χ2v) is 4.29. The van der Waals surface area contributed by atoms with Gasteiger partial charge in [-0.2, -0.15) is 0 Å². The Morgan fingerprint density at radius 2 is 1.83 bits per heavy atom. The molecule has 0 saturated carbocycles. The summed E-state index contributed by atoms with van der Waals surface area (Å²) in [5.41, 5.74) is 8.08. The number of benzene rings is 1. The molecule has 96 valence electrons. The summed E-state index contributed by atoms with van der Waals surface area (Å²) in [5.74, 6) is 0. The van der Waals surface area contributed by atoms with Crippen LogP contribution in [0.4, 0.5) is 5.69 Å². The van der Waals surface area contributed by atoms with Crippen molar-refractivity contribution in [2.24, 2.45) is 0 Å². The maximum atomic E-state index is 12.1. The first-order chi connectivity index (χ1) is 8.70. The van der Waals surface area contributed by atoms with Crippen LogP contribution in [-0.2, 0) is 13.0 Å². The first-order valence-electron chi connectivity index (χ1n) is 6.36. The Labute approximate surface area is 107 Å². The van der Waals surface area contributed by atoms with Gasteiger partial charge in [0.2, 0.25) is 0 Å². The highest BCUT2D eigenvalue weighted by Crippen LogP contribution is 2.16. The summed E-state index contributed by atoms with van der Waals surface area (Å²) in [6.45, 7) is 4.75. The maximum Gasteiger partial charge on any atom is 0.290 e. The van der Waals surface area contributed by atoms with Gasteiger partial charge < -0.3 is 5.73 Å². The number of aromatic nitrogens is 2. The molecule has 1 aromatic carbocycles. The summed E-state index contributed by atoms with van der Waals surface area (Å²) in [7, 11) is 0. The number of nitrogens with zero attached hydrogens (tertiary/aromatic N) is 2. The lowest BCUT2D eigenvalue weighted by molar-refractivity contribution is 0.519. The highest BCUT2D eigenvalue weighted by atomic mass is 16.1. The van der Waals surface area contributed by atoms with E-state index in [0.717, 1.165) is 24.2 Å². The van der Waals surface area contributed by atoms with Crippen LogP contribution in [0.1, 0.15) is 26.0 Å². The Morgan fingerprint density at radius 1 is 1.17 bits per heavy atom. The molecule has 0 aliphatic carbocycles. The fraction of sp³-hybridized carbons (Fsp3) is 0.357. The standard InChI is InChI=1S/C14H19N3O/c1-3-10-16-14(18)13(15)12(4-2)17(16)11-8-6-5-7-9-11/h5-9H,3-4,10,15H2,1-2H3. The Kier molecular flexibility index (Phi) is 3.55. The van der Waals surface area contributed by atoms with Gasteiger partial charge in [0.25, 0.3) is 5.56 Å². The molecule has 0 aliphatic rings. The van der Waals surface area contributed by atoms with Crippen molar-refractivity contribution in [3.63, 3.8) is 0 Å². The van der Waals surface area contributed by atoms with Gasteiger partial charge in [0.1, 0.15) is 5.69 Å². The smallest absolute Gasteiger partial charge is 0.290 e. The normalized spacial score (nSPS) is 10.8. The van der Waals surface area contributed by atoms with Crippen LogP contribution in [0.5, 0.6) is 0 Å². The van der Waals surface area contributed by atoms with Crippen LogP contribution in [0.2, 0.25) is 0 Å². The number of anilines is 1. The van der Waals surface area contributed by atoms with E-state index in [1.807, 2.05) is 41.9 Å². The topological polar surface area (TPSA) is 52.9 Å². The van der Waals surface area contributed by atoms with Crippen LogP contribution in [0, 0.1) is 0 Å². The first-order valence-corrected chi connectivity index (χ1v) is 6.36. The summed E-state index contributed by atoms with van der Waals surface area (Å²) < 4.78 is 3.67. The fourth-order valence-electron chi connectivity index (χ4n) is 2.23. The average Bonchev–Trinajstić information content (AvgIpc) is 2.64. The number of nitrogens with two attached hydrogens (primary N) is 1. The van der Waals surface area contributed by atoms with Gasteiger partial charge in [0, 0.05) is 6.54 Å². The van der Waals surface area contributed by atoms with Crippen LogP contribution in [-0.4, -0.2) is 9.36 Å². The Bertz CT molecular complexity index is 581. The second kappa shape index (κ2) is 5.12. The number of hydrogen-bond acceptors (Lipinski definition) is 2. The monoisotopic (exact) mass is 245 g/mol. The van der Waals surface area contributed by atoms with E-state index in [2.05, 4.69) is 6.92 Å². The quantitative estimate of drug-likeness (QED) is 0.897. The van der Waals surface area contributed by atoms with Crippen LogP contribution < -0.4 is 11.3 Å². The van der Waals surface area contributed by atoms with Gasteiger partial charge in [-0.05, 0) is 25.0 Å². The third-order valence-electron chi connectivity index (χ3n) is 3.04. The molecule has 0 aliphatic heterocycles. The van der Waals surface area contributed by atoms with Gasteiger partial charge in [-0.3, -0.25) is 9.48 Å². The molecule has 0 unspecified atom stereocenters. The van der Waals surface area contributed by atoms with Gasteiger partial charge >= 0.3 is 0 Å². The van der Waals surface area contributed by atoms with Crippen LogP contribution in [0.3, 0.4) is 0 Å². The maximum absolute atomic E-state index is 12.1. The molecule has 0 radical (unpaired) electrons. The predicted octanol–water partition coefficient (Wildman–Crippen LogP) is 2.19. The van der Waals surface area contributed by atoms with E-state index in [-0.39, 0.29) is 5.56 Å². The zero-order chi connectivity index (χ0) is 13.1. The summed E-state index contributed by atoms with van der Waals surface area (Å²) in [5, 5.41) is 0. The fourth-order valence-corrected chi connectivity index (χ4v) is 2.23. The van der Waals surface area contributed by atoms with Gasteiger partial charge in [0.05, 0.1) is 11.4 Å². The van der Waals surface area contributed by atoms with Gasteiger partial charge in [0.15, 0.2) is 0 Å². The van der Waals surface area contributed by atoms with Gasteiger partial charge in [-0.25, -0.2) is 4.68 Å². The van der Waals surface area contributed by atoms with Crippen LogP contribution >= 0.6 is 0 Å². The highest BCUT2D eigenvalue weighted by Gasteiger charge is 2.16. The molecule has 0 amide bonds. The number of hydrogen-bond donors (Lipinski definition) is 1. The second-order valence-electron chi connectivity index (χ2n) is 4.29. The van der Waals surface area contributed by atoms with Crippen molar-refractivity contribution in [1.29, 1.82) is 0 Å². The third kappa shape index (κ3) is 1.94. The molecule has 1 aromatic heterocycles. The van der Waals surface area contributed by atoms with E-state index in [1.165, 1.54) is 0 Å². The van der Waals surface area contributed by atoms with Crippen molar-refractivity contribution in [3.05, 3.63) is 46.4 Å². The van der Waals surface area contributed by atoms with E-state index in [9.17, 15) is 4.79 Å². The molecule has 0 spiro atoms. The molecule has 4 heteroatoms. The molecule has 0 atom stereocenters. The molecule has 0 saturated heterocycles. The third-order valence-corrected chi connectivity index (χ3v) is 3.04. The largest absolute Gasteiger partial charge is 0.393 e. The van der Waals surface area contributed by atoms with Crippen molar-refractivity contribution in [3.8, 4) is 5.69 Å². The summed E-state index contributed by atoms with van der Waals surface area (Å²) in [4.78, 5) is 12.1. The van der Waals surface area contributed by atoms with Crippen molar-refractivity contribution < 1.29 is 0 Å². The van der Waals surface area contributed by atoms with Crippen LogP contribution in [0.15, 0.2) is 35.1 Å². The van der Waals surface area contributed by atoms with E-state index in [1.54, 1.807) is 4.68 Å². The highest BCUT2D eigenvalue weighted by molar-refractivity contribution is 5.46. The molecule has 2 rings (SSSR count). The Balaban J connectivity index is 2.71. The van der Waals surface area contributed by atoms with Gasteiger partial charge in [-0.1, -0.05) is 32.0 Å². The lowest BCUT2D eigenvalue weighted by Gasteiger charge is -2.13. The van der Waals surface area contributed by atoms with Crippen LogP contribution in [0.25, 0.3) is 5.69 Å². The molecule has 0 fully saturated rings. The summed E-state index contributed by atoms with van der Waals surface area (Å²) in [6, 6.07) is 9.87. The van der Waals surface area contributed by atoms with Crippen molar-refractivity contribution in [2.75, 3.05) is 5.73 Å². The minimum Gasteiger partial charge on any atom is -0.393 e. The number of rotatable bonds is 4. The summed E-state index contributed by atoms with van der Waals surface area (Å²) in [6.07, 6.45) is 1.64. The average molecular weight is 245 g/mol. The molecular weight excluding hydrogens is 226 g/mol. The minimum atomic E-state index is -0.0856. The van der Waals surface area contributed by atoms with Crippen molar-refractivity contribution in [1.82, 2.24) is 9.36 Å². The molecule has 4 nitrogen and oxygen atoms in total. The van der Waals surface area contributed by atoms with E-state index in [0.29, 0.717) is 12.2 Å². The lowest BCUT2D eigenvalue weighted by atomic mass is 10.2. The zero-order valence-corrected chi connectivity index (χ0v) is 10.9. The number of nitrogen functional groups attached to an aromatic ring is 1. The van der Waals surface area contributed by atoms with E-state index >= 15 is 0 Å².